The van der Waals surface area contributed by atoms with Crippen LogP contribution in [-0.4, -0.2) is 33.3 Å². The van der Waals surface area contributed by atoms with Crippen molar-refractivity contribution < 1.29 is 18.0 Å². The van der Waals surface area contributed by atoms with Gasteiger partial charge in [0.05, 0.1) is 6.54 Å². The third-order valence-corrected chi connectivity index (χ3v) is 3.01. The number of halogens is 3. The van der Waals surface area contributed by atoms with Gasteiger partial charge in [-0.1, -0.05) is 6.92 Å². The van der Waals surface area contributed by atoms with Crippen LogP contribution < -0.4 is 5.73 Å². The number of carbonyl (C=O) groups excluding carboxylic acids is 1. The van der Waals surface area contributed by atoms with Gasteiger partial charge >= 0.3 is 12.2 Å². The van der Waals surface area contributed by atoms with Crippen molar-refractivity contribution in [3.8, 4) is 0 Å². The van der Waals surface area contributed by atoms with Crippen molar-refractivity contribution in [1.82, 2.24) is 15.0 Å². The fourth-order valence-corrected chi connectivity index (χ4v) is 1.84. The first-order chi connectivity index (χ1) is 9.29. The molecule has 6 nitrogen and oxygen atoms in total. The van der Waals surface area contributed by atoms with Gasteiger partial charge in [-0.2, -0.15) is 18.3 Å². The van der Waals surface area contributed by atoms with E-state index in [0.717, 1.165) is 17.4 Å². The van der Waals surface area contributed by atoms with Crippen LogP contribution in [0.4, 0.5) is 18.0 Å². The second-order valence-corrected chi connectivity index (χ2v) is 4.36. The van der Waals surface area contributed by atoms with E-state index in [2.05, 4.69) is 15.1 Å². The van der Waals surface area contributed by atoms with Crippen molar-refractivity contribution >= 4 is 11.7 Å². The summed E-state index contributed by atoms with van der Waals surface area (Å²) in [6, 6.07) is -0.657. The van der Waals surface area contributed by atoms with E-state index in [4.69, 9.17) is 5.73 Å². The molecule has 0 aromatic carbocycles. The molecule has 0 unspecified atom stereocenters. The molecule has 1 aliphatic rings. The molecule has 2 heterocycles. The fraction of sp³-hybridized carbons (Fsp3) is 0.455. The summed E-state index contributed by atoms with van der Waals surface area (Å²) in [5, 5.41) is 5.15. The largest absolute Gasteiger partial charge is 0.451 e. The number of aromatic nitrogens is 2. The number of rotatable bonds is 2. The zero-order chi connectivity index (χ0) is 14.9. The zero-order valence-corrected chi connectivity index (χ0v) is 10.6. The van der Waals surface area contributed by atoms with Crippen LogP contribution in [0.3, 0.4) is 0 Å². The van der Waals surface area contributed by atoms with E-state index in [-0.39, 0.29) is 5.92 Å². The van der Waals surface area contributed by atoms with E-state index in [0.29, 0.717) is 24.2 Å². The standard InChI is InChI=1S/C11H12F3N5O/c1-6(8-2-3-19(18-8)10(15)20)7-4-16-9(17-5-7)11(12,13)14/h4-6H,2-3H2,1H3,(H2,15,20)/t6-/m1/s1. The highest BCUT2D eigenvalue weighted by atomic mass is 19.4. The van der Waals surface area contributed by atoms with Gasteiger partial charge in [-0.3, -0.25) is 0 Å². The van der Waals surface area contributed by atoms with Gasteiger partial charge in [0, 0.05) is 30.4 Å². The Labute approximate surface area is 112 Å². The summed E-state index contributed by atoms with van der Waals surface area (Å²) in [4.78, 5) is 17.6. The first-order valence-electron chi connectivity index (χ1n) is 5.82. The SMILES string of the molecule is C[C@@H](C1=NN(C(N)=O)CC1)c1cnc(C(F)(F)F)nc1. The molecule has 1 aromatic heterocycles. The molecule has 0 saturated carbocycles. The van der Waals surface area contributed by atoms with E-state index in [1.165, 1.54) is 0 Å². The average Bonchev–Trinajstić information content (AvgIpc) is 2.86. The summed E-state index contributed by atoms with van der Waals surface area (Å²) < 4.78 is 37.1. The molecule has 0 aliphatic carbocycles. The van der Waals surface area contributed by atoms with Crippen molar-refractivity contribution in [2.45, 2.75) is 25.4 Å². The minimum Gasteiger partial charge on any atom is -0.350 e. The molecule has 2 N–H and O–H groups in total. The van der Waals surface area contributed by atoms with Gasteiger partial charge in [-0.15, -0.1) is 0 Å². The predicted octanol–water partition coefficient (Wildman–Crippen LogP) is 1.74. The fourth-order valence-electron chi connectivity index (χ4n) is 1.84. The Hall–Kier alpha value is -2.19. The molecule has 108 valence electrons. The molecule has 0 fully saturated rings. The van der Waals surface area contributed by atoms with Gasteiger partial charge < -0.3 is 5.73 Å². The Morgan fingerprint density at radius 3 is 2.45 bits per heavy atom. The Morgan fingerprint density at radius 2 is 2.00 bits per heavy atom. The second kappa shape index (κ2) is 5.06. The van der Waals surface area contributed by atoms with Gasteiger partial charge in [0.25, 0.3) is 0 Å². The van der Waals surface area contributed by atoms with Crippen molar-refractivity contribution in [1.29, 1.82) is 0 Å². The van der Waals surface area contributed by atoms with Gasteiger partial charge in [-0.25, -0.2) is 19.8 Å². The number of hydrogen-bond donors (Lipinski definition) is 1. The molecule has 0 bridgehead atoms. The number of alkyl halides is 3. The van der Waals surface area contributed by atoms with E-state index in [1.54, 1.807) is 6.92 Å². The lowest BCUT2D eigenvalue weighted by molar-refractivity contribution is -0.145. The summed E-state index contributed by atoms with van der Waals surface area (Å²) >= 11 is 0. The summed E-state index contributed by atoms with van der Waals surface area (Å²) in [6.45, 7) is 2.13. The summed E-state index contributed by atoms with van der Waals surface area (Å²) in [7, 11) is 0. The Balaban J connectivity index is 2.16. The maximum absolute atomic E-state index is 12.4. The summed E-state index contributed by atoms with van der Waals surface area (Å²) in [6.07, 6.45) is -1.80. The predicted molar refractivity (Wildman–Crippen MR) is 63.8 cm³/mol. The Bertz CT molecular complexity index is 540. The van der Waals surface area contributed by atoms with Crippen molar-refractivity contribution in [3.63, 3.8) is 0 Å². The molecule has 20 heavy (non-hydrogen) atoms. The van der Waals surface area contributed by atoms with Gasteiger partial charge in [0.15, 0.2) is 0 Å². The zero-order valence-electron chi connectivity index (χ0n) is 10.6. The molecule has 1 aliphatic heterocycles. The molecule has 1 atom stereocenters. The topological polar surface area (TPSA) is 84.5 Å². The van der Waals surface area contributed by atoms with Crippen LogP contribution in [0.15, 0.2) is 17.5 Å². The molecular weight excluding hydrogens is 275 g/mol. The number of primary amides is 1. The lowest BCUT2D eigenvalue weighted by Crippen LogP contribution is -2.29. The highest BCUT2D eigenvalue weighted by Crippen LogP contribution is 2.27. The van der Waals surface area contributed by atoms with Gasteiger partial charge in [-0.05, 0) is 5.56 Å². The minimum absolute atomic E-state index is 0.276. The number of carbonyl (C=O) groups is 1. The van der Waals surface area contributed by atoms with Crippen molar-refractivity contribution in [2.24, 2.45) is 10.8 Å². The maximum Gasteiger partial charge on any atom is 0.451 e. The van der Waals surface area contributed by atoms with Crippen LogP contribution in [0.1, 0.15) is 30.7 Å². The maximum atomic E-state index is 12.4. The summed E-state index contributed by atoms with van der Waals surface area (Å²) in [5.74, 6) is -1.46. The van der Waals surface area contributed by atoms with E-state index in [1.807, 2.05) is 0 Å². The molecule has 0 radical (unpaired) electrons. The molecule has 0 spiro atoms. The van der Waals surface area contributed by atoms with Crippen LogP contribution in [0, 0.1) is 0 Å². The number of nitrogens with zero attached hydrogens (tertiary/aromatic N) is 4. The van der Waals surface area contributed by atoms with Crippen LogP contribution in [0.2, 0.25) is 0 Å². The normalized spacial score (nSPS) is 17.0. The Morgan fingerprint density at radius 1 is 1.40 bits per heavy atom. The van der Waals surface area contributed by atoms with Crippen LogP contribution in [0.25, 0.3) is 0 Å². The Kier molecular flexibility index (Phi) is 3.60. The van der Waals surface area contributed by atoms with Gasteiger partial charge in [0.1, 0.15) is 0 Å². The first kappa shape index (κ1) is 14.2. The molecule has 0 saturated heterocycles. The van der Waals surface area contributed by atoms with Crippen molar-refractivity contribution in [2.75, 3.05) is 6.54 Å². The molecule has 1 aromatic rings. The molecule has 9 heteroatoms. The lowest BCUT2D eigenvalue weighted by atomic mass is 9.97. The van der Waals surface area contributed by atoms with Crippen LogP contribution in [-0.2, 0) is 6.18 Å². The number of hydrogen-bond acceptors (Lipinski definition) is 4. The van der Waals surface area contributed by atoms with Crippen LogP contribution >= 0.6 is 0 Å². The summed E-state index contributed by atoms with van der Waals surface area (Å²) in [5.41, 5.74) is 6.26. The van der Waals surface area contributed by atoms with Gasteiger partial charge in [0.2, 0.25) is 5.82 Å². The number of nitrogens with two attached hydrogens (primary N) is 1. The lowest BCUT2D eigenvalue weighted by Gasteiger charge is -2.11. The quantitative estimate of drug-likeness (QED) is 0.899. The third-order valence-electron chi connectivity index (χ3n) is 3.01. The minimum atomic E-state index is -4.56. The molecule has 2 rings (SSSR count). The highest BCUT2D eigenvalue weighted by Gasteiger charge is 2.34. The van der Waals surface area contributed by atoms with E-state index >= 15 is 0 Å². The highest BCUT2D eigenvalue weighted by molar-refractivity contribution is 5.93. The van der Waals surface area contributed by atoms with Crippen molar-refractivity contribution in [3.05, 3.63) is 23.8 Å². The van der Waals surface area contributed by atoms with E-state index < -0.39 is 18.0 Å². The smallest absolute Gasteiger partial charge is 0.350 e. The molecule has 2 amide bonds. The van der Waals surface area contributed by atoms with Crippen LogP contribution in [0.5, 0.6) is 0 Å². The third kappa shape index (κ3) is 2.86. The first-order valence-corrected chi connectivity index (χ1v) is 5.82. The number of hydrazone groups is 1. The monoisotopic (exact) mass is 287 g/mol. The number of urea groups is 1. The second-order valence-electron chi connectivity index (χ2n) is 4.36. The molecular formula is C11H12F3N5O. The average molecular weight is 287 g/mol. The van der Waals surface area contributed by atoms with E-state index in [9.17, 15) is 18.0 Å². The number of amides is 2.